The fourth-order valence-electron chi connectivity index (χ4n) is 3.61. The molecule has 7 heteroatoms. The second-order valence-electron chi connectivity index (χ2n) is 8.11. The van der Waals surface area contributed by atoms with E-state index in [0.717, 1.165) is 34.4 Å². The highest BCUT2D eigenvalue weighted by Gasteiger charge is 2.10. The summed E-state index contributed by atoms with van der Waals surface area (Å²) in [5, 5.41) is 11.6. The highest BCUT2D eigenvalue weighted by Crippen LogP contribution is 2.12. The van der Waals surface area contributed by atoms with Crippen molar-refractivity contribution < 1.29 is 4.79 Å². The molecule has 32 heavy (non-hydrogen) atoms. The summed E-state index contributed by atoms with van der Waals surface area (Å²) >= 11 is 0. The second kappa shape index (κ2) is 9.62. The predicted octanol–water partition coefficient (Wildman–Crippen LogP) is 3.18. The van der Waals surface area contributed by atoms with E-state index in [9.17, 15) is 4.79 Å². The summed E-state index contributed by atoms with van der Waals surface area (Å²) < 4.78 is 3.71. The van der Waals surface area contributed by atoms with Gasteiger partial charge in [-0.2, -0.15) is 10.2 Å². The smallest absolute Gasteiger partial charge is 0.254 e. The van der Waals surface area contributed by atoms with Gasteiger partial charge in [-0.3, -0.25) is 14.2 Å². The maximum absolute atomic E-state index is 12.5. The second-order valence-corrected chi connectivity index (χ2v) is 8.11. The van der Waals surface area contributed by atoms with Crippen LogP contribution in [0.2, 0.25) is 0 Å². The van der Waals surface area contributed by atoms with Gasteiger partial charge in [0.1, 0.15) is 0 Å². The molecule has 0 unspecified atom stereocenters. The number of amides is 1. The van der Waals surface area contributed by atoms with Crippen LogP contribution in [0.3, 0.4) is 0 Å². The van der Waals surface area contributed by atoms with Crippen molar-refractivity contribution >= 4 is 5.91 Å². The summed E-state index contributed by atoms with van der Waals surface area (Å²) in [6.07, 6.45) is 7.27. The Hall–Kier alpha value is -3.71. The Balaban J connectivity index is 1.32. The zero-order chi connectivity index (χ0) is 22.5. The molecule has 3 N–H and O–H groups in total. The van der Waals surface area contributed by atoms with Crippen LogP contribution >= 0.6 is 0 Å². The summed E-state index contributed by atoms with van der Waals surface area (Å²) in [7, 11) is 0. The predicted molar refractivity (Wildman–Crippen MR) is 124 cm³/mol. The highest BCUT2D eigenvalue weighted by molar-refractivity contribution is 5.93. The van der Waals surface area contributed by atoms with E-state index in [0.29, 0.717) is 25.2 Å². The van der Waals surface area contributed by atoms with Crippen molar-refractivity contribution in [3.05, 3.63) is 106 Å². The van der Waals surface area contributed by atoms with Crippen LogP contribution in [0.15, 0.2) is 67.3 Å². The standard InChI is InChI=1S/C25H28N6O/c1-18-11-28-30(14-18)15-20-3-5-21(6-4-20)16-31-17-24(13-29-31)25(32)27-12-23-8-7-22(10-26)9-19(23)2/h3-9,11,13-14,17H,10,12,15-16,26H2,1-2H3,(H,27,32). The zero-order valence-electron chi connectivity index (χ0n) is 18.5. The lowest BCUT2D eigenvalue weighted by atomic mass is 10.1. The number of nitrogens with one attached hydrogen (secondary N) is 1. The first-order valence-electron chi connectivity index (χ1n) is 10.7. The largest absolute Gasteiger partial charge is 0.348 e. The van der Waals surface area contributed by atoms with E-state index in [1.807, 2.05) is 43.1 Å². The molecule has 0 bridgehead atoms. The van der Waals surface area contributed by atoms with Crippen molar-refractivity contribution in [2.45, 2.75) is 40.0 Å². The first kappa shape index (κ1) is 21.5. The molecule has 164 valence electrons. The van der Waals surface area contributed by atoms with E-state index in [2.05, 4.69) is 45.8 Å². The minimum absolute atomic E-state index is 0.136. The summed E-state index contributed by atoms with van der Waals surface area (Å²) in [4.78, 5) is 12.5. The fourth-order valence-corrected chi connectivity index (χ4v) is 3.61. The van der Waals surface area contributed by atoms with Crippen LogP contribution in [0, 0.1) is 13.8 Å². The number of hydrogen-bond donors (Lipinski definition) is 2. The lowest BCUT2D eigenvalue weighted by Crippen LogP contribution is -2.22. The average Bonchev–Trinajstić information content (AvgIpc) is 3.43. The molecule has 0 saturated carbocycles. The Bertz CT molecular complexity index is 1210. The molecule has 0 aliphatic carbocycles. The number of benzene rings is 2. The van der Waals surface area contributed by atoms with E-state index in [-0.39, 0.29) is 5.91 Å². The molecule has 0 spiro atoms. The van der Waals surface area contributed by atoms with Crippen molar-refractivity contribution in [2.75, 3.05) is 0 Å². The minimum atomic E-state index is -0.136. The summed E-state index contributed by atoms with van der Waals surface area (Å²) in [5.74, 6) is -0.136. The molecule has 0 aliphatic rings. The van der Waals surface area contributed by atoms with Gasteiger partial charge in [-0.1, -0.05) is 42.5 Å². The van der Waals surface area contributed by atoms with E-state index < -0.39 is 0 Å². The molecule has 2 aromatic carbocycles. The molecular formula is C25H28N6O. The minimum Gasteiger partial charge on any atom is -0.348 e. The Morgan fingerprint density at radius 3 is 2.12 bits per heavy atom. The van der Waals surface area contributed by atoms with E-state index in [1.165, 1.54) is 5.56 Å². The molecular weight excluding hydrogens is 400 g/mol. The molecule has 0 aliphatic heterocycles. The first-order chi connectivity index (χ1) is 15.5. The summed E-state index contributed by atoms with van der Waals surface area (Å²) in [6, 6.07) is 14.4. The third-order valence-electron chi connectivity index (χ3n) is 5.45. The maximum atomic E-state index is 12.5. The number of aryl methyl sites for hydroxylation is 2. The Kier molecular flexibility index (Phi) is 6.47. The Morgan fingerprint density at radius 2 is 1.53 bits per heavy atom. The lowest BCUT2D eigenvalue weighted by Gasteiger charge is -2.09. The Labute approximate surface area is 187 Å². The van der Waals surface area contributed by atoms with Crippen LogP contribution in [-0.4, -0.2) is 25.5 Å². The monoisotopic (exact) mass is 428 g/mol. The molecule has 0 saturated heterocycles. The van der Waals surface area contributed by atoms with Gasteiger partial charge in [0.25, 0.3) is 5.91 Å². The van der Waals surface area contributed by atoms with Crippen LogP contribution in [-0.2, 0) is 26.2 Å². The number of carbonyl (C=O) groups excluding carboxylic acids is 1. The summed E-state index contributed by atoms with van der Waals surface area (Å²) in [5.41, 5.74) is 13.0. The Morgan fingerprint density at radius 1 is 0.906 bits per heavy atom. The van der Waals surface area contributed by atoms with Gasteiger partial charge >= 0.3 is 0 Å². The van der Waals surface area contributed by atoms with Crippen LogP contribution in [0.1, 0.15) is 43.7 Å². The quantitative estimate of drug-likeness (QED) is 0.451. The SMILES string of the molecule is Cc1cnn(Cc2ccc(Cn3cc(C(=O)NCc4ccc(CN)cc4C)cn3)cc2)c1. The fraction of sp³-hybridized carbons (Fsp3) is 0.240. The molecule has 7 nitrogen and oxygen atoms in total. The third kappa shape index (κ3) is 5.31. The van der Waals surface area contributed by atoms with Crippen molar-refractivity contribution in [3.8, 4) is 0 Å². The van der Waals surface area contributed by atoms with Crippen molar-refractivity contribution in [2.24, 2.45) is 5.73 Å². The number of rotatable bonds is 8. The molecule has 2 aromatic heterocycles. The third-order valence-corrected chi connectivity index (χ3v) is 5.45. The number of hydrogen-bond acceptors (Lipinski definition) is 4. The number of carbonyl (C=O) groups is 1. The first-order valence-corrected chi connectivity index (χ1v) is 10.7. The van der Waals surface area contributed by atoms with Crippen molar-refractivity contribution in [1.29, 1.82) is 0 Å². The molecule has 2 heterocycles. The van der Waals surface area contributed by atoms with Gasteiger partial charge < -0.3 is 11.1 Å². The van der Waals surface area contributed by atoms with Crippen LogP contribution in [0.4, 0.5) is 0 Å². The zero-order valence-corrected chi connectivity index (χ0v) is 18.5. The van der Waals surface area contributed by atoms with Gasteiger partial charge in [-0.05, 0) is 47.2 Å². The molecule has 4 rings (SSSR count). The normalized spacial score (nSPS) is 11.0. The van der Waals surface area contributed by atoms with Crippen LogP contribution < -0.4 is 11.1 Å². The molecule has 0 radical (unpaired) electrons. The van der Waals surface area contributed by atoms with Gasteiger partial charge in [0.2, 0.25) is 0 Å². The van der Waals surface area contributed by atoms with Gasteiger partial charge in [0, 0.05) is 25.5 Å². The van der Waals surface area contributed by atoms with Crippen molar-refractivity contribution in [1.82, 2.24) is 24.9 Å². The van der Waals surface area contributed by atoms with E-state index in [1.54, 1.807) is 17.1 Å². The van der Waals surface area contributed by atoms with E-state index >= 15 is 0 Å². The van der Waals surface area contributed by atoms with Gasteiger partial charge in [0.05, 0.1) is 31.0 Å². The van der Waals surface area contributed by atoms with E-state index in [4.69, 9.17) is 5.73 Å². The number of nitrogens with zero attached hydrogens (tertiary/aromatic N) is 4. The van der Waals surface area contributed by atoms with Gasteiger partial charge in [-0.15, -0.1) is 0 Å². The summed E-state index contributed by atoms with van der Waals surface area (Å²) in [6.45, 7) is 6.39. The van der Waals surface area contributed by atoms with Gasteiger partial charge in [-0.25, -0.2) is 0 Å². The number of aromatic nitrogens is 4. The number of nitrogens with two attached hydrogens (primary N) is 1. The highest BCUT2D eigenvalue weighted by atomic mass is 16.1. The molecule has 0 fully saturated rings. The lowest BCUT2D eigenvalue weighted by molar-refractivity contribution is 0.0951. The molecule has 4 aromatic rings. The molecule has 0 atom stereocenters. The van der Waals surface area contributed by atoms with Crippen molar-refractivity contribution in [3.63, 3.8) is 0 Å². The average molecular weight is 429 g/mol. The van der Waals surface area contributed by atoms with Crippen LogP contribution in [0.5, 0.6) is 0 Å². The topological polar surface area (TPSA) is 90.8 Å². The maximum Gasteiger partial charge on any atom is 0.254 e. The molecule has 1 amide bonds. The van der Waals surface area contributed by atoms with Gasteiger partial charge in [0.15, 0.2) is 0 Å². The van der Waals surface area contributed by atoms with Crippen LogP contribution in [0.25, 0.3) is 0 Å².